The molecule has 0 radical (unpaired) electrons. The first-order chi connectivity index (χ1) is 9.70. The van der Waals surface area contributed by atoms with E-state index in [0.717, 1.165) is 15.6 Å². The molecule has 0 saturated carbocycles. The summed E-state index contributed by atoms with van der Waals surface area (Å²) in [5.41, 5.74) is 1.92. The molecule has 0 aromatic heterocycles. The molecule has 0 aliphatic carbocycles. The van der Waals surface area contributed by atoms with E-state index >= 15 is 0 Å². The van der Waals surface area contributed by atoms with Gasteiger partial charge in [0.05, 0.1) is 8.95 Å². The Hall–Kier alpha value is -0.370. The molecule has 3 nitrogen and oxygen atoms in total. The Labute approximate surface area is 149 Å². The van der Waals surface area contributed by atoms with Crippen LogP contribution in [0.25, 0.3) is 0 Å². The van der Waals surface area contributed by atoms with Crippen LogP contribution < -0.4 is 4.18 Å². The SMILES string of the molecule is Cc1ccc(S(=O)(=O)Oc2c(Br)cc(Br)cc2Br)cc1C. The molecule has 0 atom stereocenters. The van der Waals surface area contributed by atoms with Crippen LogP contribution in [0.5, 0.6) is 5.75 Å². The summed E-state index contributed by atoms with van der Waals surface area (Å²) in [6.45, 7) is 3.79. The standard InChI is InChI=1S/C14H11Br3O3S/c1-8-3-4-11(5-9(8)2)21(18,19)20-14-12(16)6-10(15)7-13(14)17/h3-7H,1-2H3. The summed E-state index contributed by atoms with van der Waals surface area (Å²) in [7, 11) is -3.89. The summed E-state index contributed by atoms with van der Waals surface area (Å²) in [6, 6.07) is 8.34. The van der Waals surface area contributed by atoms with E-state index in [1.165, 1.54) is 0 Å². The molecule has 112 valence electrons. The first-order valence-electron chi connectivity index (χ1n) is 5.87. The van der Waals surface area contributed by atoms with Gasteiger partial charge in [0, 0.05) is 4.47 Å². The molecular weight excluding hydrogens is 488 g/mol. The van der Waals surface area contributed by atoms with Gasteiger partial charge in [-0.3, -0.25) is 0 Å². The second-order valence-corrected chi connectivity index (χ2v) is 8.65. The molecule has 0 amide bonds. The normalized spacial score (nSPS) is 11.5. The molecule has 0 heterocycles. The summed E-state index contributed by atoms with van der Waals surface area (Å²) < 4.78 is 31.9. The minimum atomic E-state index is -3.89. The average Bonchev–Trinajstić information content (AvgIpc) is 2.37. The zero-order valence-electron chi connectivity index (χ0n) is 11.2. The van der Waals surface area contributed by atoms with Gasteiger partial charge in [-0.1, -0.05) is 22.0 Å². The van der Waals surface area contributed by atoms with E-state index in [9.17, 15) is 8.42 Å². The van der Waals surface area contributed by atoms with Crippen molar-refractivity contribution in [3.8, 4) is 5.75 Å². The van der Waals surface area contributed by atoms with Gasteiger partial charge >= 0.3 is 10.1 Å². The highest BCUT2D eigenvalue weighted by Gasteiger charge is 2.21. The van der Waals surface area contributed by atoms with Crippen molar-refractivity contribution in [2.24, 2.45) is 0 Å². The van der Waals surface area contributed by atoms with Crippen LogP contribution >= 0.6 is 47.8 Å². The van der Waals surface area contributed by atoms with Crippen molar-refractivity contribution in [3.63, 3.8) is 0 Å². The zero-order chi connectivity index (χ0) is 15.8. The Morgan fingerprint density at radius 2 is 1.48 bits per heavy atom. The van der Waals surface area contributed by atoms with Crippen LogP contribution in [0.1, 0.15) is 11.1 Å². The van der Waals surface area contributed by atoms with Crippen LogP contribution in [0.2, 0.25) is 0 Å². The van der Waals surface area contributed by atoms with E-state index < -0.39 is 10.1 Å². The van der Waals surface area contributed by atoms with Gasteiger partial charge < -0.3 is 4.18 Å². The van der Waals surface area contributed by atoms with Crippen LogP contribution in [-0.4, -0.2) is 8.42 Å². The van der Waals surface area contributed by atoms with Crippen molar-refractivity contribution >= 4 is 57.9 Å². The Morgan fingerprint density at radius 3 is 2.00 bits per heavy atom. The second kappa shape index (κ2) is 6.40. The Morgan fingerprint density at radius 1 is 0.905 bits per heavy atom. The quantitative estimate of drug-likeness (QED) is 0.535. The van der Waals surface area contributed by atoms with Crippen molar-refractivity contribution < 1.29 is 12.6 Å². The van der Waals surface area contributed by atoms with Crippen LogP contribution in [-0.2, 0) is 10.1 Å². The highest BCUT2D eigenvalue weighted by Crippen LogP contribution is 2.38. The zero-order valence-corrected chi connectivity index (χ0v) is 16.7. The van der Waals surface area contributed by atoms with Gasteiger partial charge in [-0.25, -0.2) is 0 Å². The average molecular weight is 499 g/mol. The molecule has 2 aromatic carbocycles. The number of benzene rings is 2. The maximum atomic E-state index is 12.4. The van der Waals surface area contributed by atoms with E-state index in [2.05, 4.69) is 47.8 Å². The third kappa shape index (κ3) is 3.88. The Kier molecular flexibility index (Phi) is 5.18. The van der Waals surface area contributed by atoms with Crippen LogP contribution in [0.15, 0.2) is 48.6 Å². The van der Waals surface area contributed by atoms with Gasteiger partial charge in [-0.2, -0.15) is 8.42 Å². The molecular formula is C14H11Br3O3S. The summed E-state index contributed by atoms with van der Waals surface area (Å²) in [6.07, 6.45) is 0. The lowest BCUT2D eigenvalue weighted by Gasteiger charge is -2.12. The van der Waals surface area contributed by atoms with E-state index in [0.29, 0.717) is 8.95 Å². The number of rotatable bonds is 3. The van der Waals surface area contributed by atoms with Gasteiger partial charge in [-0.05, 0) is 81.1 Å². The number of hydrogen-bond acceptors (Lipinski definition) is 3. The molecule has 0 aliphatic heterocycles. The lowest BCUT2D eigenvalue weighted by Crippen LogP contribution is -2.11. The molecule has 0 unspecified atom stereocenters. The molecule has 2 rings (SSSR count). The smallest absolute Gasteiger partial charge is 0.339 e. The maximum absolute atomic E-state index is 12.4. The molecule has 0 aliphatic rings. The Balaban J connectivity index is 2.44. The van der Waals surface area contributed by atoms with Gasteiger partial charge in [0.25, 0.3) is 0 Å². The topological polar surface area (TPSA) is 43.4 Å². The van der Waals surface area contributed by atoms with Crippen LogP contribution in [0, 0.1) is 13.8 Å². The monoisotopic (exact) mass is 496 g/mol. The van der Waals surface area contributed by atoms with E-state index in [1.807, 2.05) is 13.8 Å². The summed E-state index contributed by atoms with van der Waals surface area (Å²) in [5.74, 6) is 0.219. The highest BCUT2D eigenvalue weighted by molar-refractivity contribution is 9.11. The fourth-order valence-electron chi connectivity index (χ4n) is 1.64. The lowest BCUT2D eigenvalue weighted by atomic mass is 10.1. The number of halogens is 3. The van der Waals surface area contributed by atoms with Gasteiger partial charge in [0.1, 0.15) is 4.90 Å². The molecule has 0 fully saturated rings. The number of hydrogen-bond donors (Lipinski definition) is 0. The van der Waals surface area contributed by atoms with Gasteiger partial charge in [-0.15, -0.1) is 0 Å². The third-order valence-corrected chi connectivity index (χ3v) is 5.78. The molecule has 0 N–H and O–H groups in total. The maximum Gasteiger partial charge on any atom is 0.339 e. The molecule has 2 aromatic rings. The predicted molar refractivity (Wildman–Crippen MR) is 93.3 cm³/mol. The number of aryl methyl sites for hydroxylation is 2. The molecule has 0 bridgehead atoms. The van der Waals surface area contributed by atoms with E-state index in [1.54, 1.807) is 30.3 Å². The largest absolute Gasteiger partial charge is 0.377 e. The first kappa shape index (κ1) is 17.0. The van der Waals surface area contributed by atoms with Crippen molar-refractivity contribution in [3.05, 3.63) is 54.9 Å². The second-order valence-electron chi connectivity index (χ2n) is 4.48. The first-order valence-corrected chi connectivity index (χ1v) is 9.66. The molecule has 7 heteroatoms. The third-order valence-electron chi connectivity index (χ3n) is 2.92. The van der Waals surface area contributed by atoms with E-state index in [-0.39, 0.29) is 10.6 Å². The summed E-state index contributed by atoms with van der Waals surface area (Å²) in [5, 5.41) is 0. The fraction of sp³-hybridized carbons (Fsp3) is 0.143. The highest BCUT2D eigenvalue weighted by atomic mass is 79.9. The van der Waals surface area contributed by atoms with Gasteiger partial charge in [0.2, 0.25) is 0 Å². The van der Waals surface area contributed by atoms with Crippen molar-refractivity contribution in [2.45, 2.75) is 18.7 Å². The predicted octanol–water partition coefficient (Wildman–Crippen LogP) is 5.36. The molecule has 0 saturated heterocycles. The van der Waals surface area contributed by atoms with Crippen LogP contribution in [0.4, 0.5) is 0 Å². The van der Waals surface area contributed by atoms with Gasteiger partial charge in [0.15, 0.2) is 5.75 Å². The van der Waals surface area contributed by atoms with E-state index in [4.69, 9.17) is 4.18 Å². The fourth-order valence-corrected chi connectivity index (χ4v) is 5.32. The lowest BCUT2D eigenvalue weighted by molar-refractivity contribution is 0.483. The summed E-state index contributed by atoms with van der Waals surface area (Å²) >= 11 is 9.92. The Bertz CT molecular complexity index is 778. The summed E-state index contributed by atoms with van der Waals surface area (Å²) in [4.78, 5) is 0.132. The van der Waals surface area contributed by atoms with Crippen molar-refractivity contribution in [2.75, 3.05) is 0 Å². The minimum absolute atomic E-state index is 0.132. The molecule has 0 spiro atoms. The van der Waals surface area contributed by atoms with Crippen molar-refractivity contribution in [1.29, 1.82) is 0 Å². The van der Waals surface area contributed by atoms with Crippen LogP contribution in [0.3, 0.4) is 0 Å². The molecule has 21 heavy (non-hydrogen) atoms. The van der Waals surface area contributed by atoms with Crippen molar-refractivity contribution in [1.82, 2.24) is 0 Å². The minimum Gasteiger partial charge on any atom is -0.377 e.